The highest BCUT2D eigenvalue weighted by Crippen LogP contribution is 2.15. The molecule has 0 saturated carbocycles. The number of esters is 1. The molecule has 1 N–H and O–H groups in total. The lowest BCUT2D eigenvalue weighted by molar-refractivity contribution is -0.142. The molecule has 2 atom stereocenters. The second-order valence-corrected chi connectivity index (χ2v) is 4.99. The molecule has 0 aliphatic carbocycles. The number of ether oxygens (including phenoxy) is 1. The summed E-state index contributed by atoms with van der Waals surface area (Å²) in [5.74, 6) is 0.511. The number of hydrogen-bond donors (Lipinski definition) is 1. The number of methoxy groups -OCH3 is 1. The van der Waals surface area contributed by atoms with Crippen LogP contribution in [0.4, 0.5) is 0 Å². The minimum Gasteiger partial charge on any atom is -0.469 e. The number of carbonyl (C=O) groups excluding carboxylic acids is 1. The minimum absolute atomic E-state index is 0.119. The molecule has 1 aliphatic heterocycles. The Morgan fingerprint density at radius 1 is 1.50 bits per heavy atom. The van der Waals surface area contributed by atoms with E-state index in [1.54, 1.807) is 0 Å². The van der Waals surface area contributed by atoms with Gasteiger partial charge in [0, 0.05) is 25.2 Å². The summed E-state index contributed by atoms with van der Waals surface area (Å²) < 4.78 is 4.76. The molecule has 0 aromatic rings. The smallest absolute Gasteiger partial charge is 0.307 e. The van der Waals surface area contributed by atoms with Crippen LogP contribution in [-0.2, 0) is 9.53 Å². The third-order valence-corrected chi connectivity index (χ3v) is 3.16. The van der Waals surface area contributed by atoms with E-state index >= 15 is 0 Å². The molecule has 1 heterocycles. The highest BCUT2D eigenvalue weighted by atomic mass is 16.5. The molecule has 1 fully saturated rings. The van der Waals surface area contributed by atoms with Gasteiger partial charge in [-0.05, 0) is 26.3 Å². The third-order valence-electron chi connectivity index (χ3n) is 3.16. The molecule has 1 aliphatic rings. The molecule has 4 heteroatoms. The van der Waals surface area contributed by atoms with Crippen LogP contribution < -0.4 is 5.32 Å². The average molecular weight is 228 g/mol. The van der Waals surface area contributed by atoms with Crippen LogP contribution in [0.1, 0.15) is 27.2 Å². The fourth-order valence-corrected chi connectivity index (χ4v) is 2.28. The van der Waals surface area contributed by atoms with Crippen molar-refractivity contribution in [2.45, 2.75) is 39.3 Å². The van der Waals surface area contributed by atoms with E-state index in [0.717, 1.165) is 19.6 Å². The van der Waals surface area contributed by atoms with E-state index in [-0.39, 0.29) is 12.0 Å². The quantitative estimate of drug-likeness (QED) is 0.728. The van der Waals surface area contributed by atoms with Gasteiger partial charge in [0.25, 0.3) is 0 Å². The van der Waals surface area contributed by atoms with Crippen molar-refractivity contribution in [3.8, 4) is 0 Å². The molecule has 94 valence electrons. The van der Waals surface area contributed by atoms with Gasteiger partial charge in [0.2, 0.25) is 0 Å². The molecular formula is C12H24N2O2. The van der Waals surface area contributed by atoms with E-state index in [9.17, 15) is 4.79 Å². The van der Waals surface area contributed by atoms with Crippen molar-refractivity contribution in [1.82, 2.24) is 10.2 Å². The first-order valence-corrected chi connectivity index (χ1v) is 6.07. The van der Waals surface area contributed by atoms with Crippen molar-refractivity contribution in [3.05, 3.63) is 0 Å². The Hall–Kier alpha value is -0.610. The van der Waals surface area contributed by atoms with Crippen LogP contribution in [-0.4, -0.2) is 49.7 Å². The monoisotopic (exact) mass is 228 g/mol. The number of carbonyl (C=O) groups is 1. The first-order valence-electron chi connectivity index (χ1n) is 6.07. The van der Waals surface area contributed by atoms with Gasteiger partial charge in [-0.15, -0.1) is 0 Å². The molecule has 0 spiro atoms. The van der Waals surface area contributed by atoms with Crippen LogP contribution in [0.25, 0.3) is 0 Å². The summed E-state index contributed by atoms with van der Waals surface area (Å²) in [7, 11) is 1.45. The fraction of sp³-hybridized carbons (Fsp3) is 0.917. The van der Waals surface area contributed by atoms with Crippen molar-refractivity contribution < 1.29 is 9.53 Å². The standard InChI is InChI=1S/C12H24N2O2/c1-9(2)14-8-10(3)6-13-7-11(14)5-12(15)16-4/h9-11,13H,5-8H2,1-4H3. The normalized spacial score (nSPS) is 27.8. The summed E-state index contributed by atoms with van der Waals surface area (Å²) in [6.07, 6.45) is 0.481. The first-order chi connectivity index (χ1) is 7.54. The molecule has 1 saturated heterocycles. The van der Waals surface area contributed by atoms with Crippen LogP contribution in [0.15, 0.2) is 0 Å². The van der Waals surface area contributed by atoms with Gasteiger partial charge in [0.15, 0.2) is 0 Å². The Morgan fingerprint density at radius 2 is 2.19 bits per heavy atom. The van der Waals surface area contributed by atoms with Crippen molar-refractivity contribution in [3.63, 3.8) is 0 Å². The lowest BCUT2D eigenvalue weighted by Crippen LogP contribution is -2.45. The minimum atomic E-state index is -0.119. The van der Waals surface area contributed by atoms with Gasteiger partial charge in [0.05, 0.1) is 13.5 Å². The van der Waals surface area contributed by atoms with E-state index in [4.69, 9.17) is 4.74 Å². The van der Waals surface area contributed by atoms with Crippen LogP contribution in [0.5, 0.6) is 0 Å². The summed E-state index contributed by atoms with van der Waals surface area (Å²) >= 11 is 0. The number of nitrogens with one attached hydrogen (secondary N) is 1. The summed E-state index contributed by atoms with van der Waals surface area (Å²) in [6, 6.07) is 0.731. The first kappa shape index (κ1) is 13.5. The highest BCUT2D eigenvalue weighted by molar-refractivity contribution is 5.69. The zero-order valence-electron chi connectivity index (χ0n) is 10.8. The highest BCUT2D eigenvalue weighted by Gasteiger charge is 2.27. The van der Waals surface area contributed by atoms with Crippen molar-refractivity contribution in [1.29, 1.82) is 0 Å². The molecule has 4 nitrogen and oxygen atoms in total. The Morgan fingerprint density at radius 3 is 2.75 bits per heavy atom. The maximum Gasteiger partial charge on any atom is 0.307 e. The largest absolute Gasteiger partial charge is 0.469 e. The van der Waals surface area contributed by atoms with Gasteiger partial charge in [-0.3, -0.25) is 9.69 Å². The van der Waals surface area contributed by atoms with Gasteiger partial charge in [-0.2, -0.15) is 0 Å². The topological polar surface area (TPSA) is 41.6 Å². The molecule has 0 bridgehead atoms. The van der Waals surface area contributed by atoms with Crippen molar-refractivity contribution in [2.24, 2.45) is 5.92 Å². The predicted octanol–water partition coefficient (Wildman–Crippen LogP) is 0.868. The maximum atomic E-state index is 11.4. The second-order valence-electron chi connectivity index (χ2n) is 4.99. The van der Waals surface area contributed by atoms with Gasteiger partial charge < -0.3 is 10.1 Å². The summed E-state index contributed by atoms with van der Waals surface area (Å²) in [6.45, 7) is 9.55. The Bertz CT molecular complexity index is 231. The van der Waals surface area contributed by atoms with Gasteiger partial charge in [0.1, 0.15) is 0 Å². The fourth-order valence-electron chi connectivity index (χ4n) is 2.28. The van der Waals surface area contributed by atoms with Crippen LogP contribution in [0, 0.1) is 5.92 Å². The Labute approximate surface area is 98.3 Å². The van der Waals surface area contributed by atoms with Gasteiger partial charge in [-0.1, -0.05) is 6.92 Å². The van der Waals surface area contributed by atoms with E-state index in [1.165, 1.54) is 7.11 Å². The SMILES string of the molecule is COC(=O)CC1CNCC(C)CN1C(C)C. The average Bonchev–Trinajstić information content (AvgIpc) is 2.40. The molecule has 0 amide bonds. The molecule has 0 radical (unpaired) electrons. The Balaban J connectivity index is 2.65. The van der Waals surface area contributed by atoms with Gasteiger partial charge >= 0.3 is 5.97 Å². The zero-order valence-corrected chi connectivity index (χ0v) is 10.8. The summed E-state index contributed by atoms with van der Waals surface area (Å²) in [4.78, 5) is 13.8. The lowest BCUT2D eigenvalue weighted by Gasteiger charge is -2.33. The maximum absolute atomic E-state index is 11.4. The number of nitrogens with zero attached hydrogens (tertiary/aromatic N) is 1. The van der Waals surface area contributed by atoms with Crippen LogP contribution >= 0.6 is 0 Å². The molecular weight excluding hydrogens is 204 g/mol. The van der Waals surface area contributed by atoms with Crippen molar-refractivity contribution >= 4 is 5.97 Å². The van der Waals surface area contributed by atoms with E-state index in [0.29, 0.717) is 18.4 Å². The Kier molecular flexibility index (Phi) is 5.22. The van der Waals surface area contributed by atoms with E-state index in [2.05, 4.69) is 31.0 Å². The second kappa shape index (κ2) is 6.21. The molecule has 0 aromatic heterocycles. The number of rotatable bonds is 3. The molecule has 2 unspecified atom stereocenters. The molecule has 16 heavy (non-hydrogen) atoms. The van der Waals surface area contributed by atoms with E-state index < -0.39 is 0 Å². The lowest BCUT2D eigenvalue weighted by atomic mass is 10.1. The van der Waals surface area contributed by atoms with E-state index in [1.807, 2.05) is 0 Å². The molecule has 1 rings (SSSR count). The van der Waals surface area contributed by atoms with Crippen molar-refractivity contribution in [2.75, 3.05) is 26.7 Å². The van der Waals surface area contributed by atoms with Crippen LogP contribution in [0.2, 0.25) is 0 Å². The third kappa shape index (κ3) is 3.76. The predicted molar refractivity (Wildman–Crippen MR) is 64.3 cm³/mol. The molecule has 0 aromatic carbocycles. The zero-order chi connectivity index (χ0) is 12.1. The van der Waals surface area contributed by atoms with Crippen LogP contribution in [0.3, 0.4) is 0 Å². The van der Waals surface area contributed by atoms with Gasteiger partial charge in [-0.25, -0.2) is 0 Å². The number of hydrogen-bond acceptors (Lipinski definition) is 4. The summed E-state index contributed by atoms with van der Waals surface area (Å²) in [5, 5.41) is 3.41. The summed E-state index contributed by atoms with van der Waals surface area (Å²) in [5.41, 5.74) is 0.